The fraction of sp³-hybridized carbons (Fsp3) is 1.00. The Kier molecular flexibility index (Phi) is 3.02. The van der Waals surface area contributed by atoms with Crippen molar-refractivity contribution in [2.45, 2.75) is 17.9 Å². The largest absolute Gasteiger partial charge is 0.405 e. The Morgan fingerprint density at radius 2 is 1.50 bits per heavy atom. The molecular formula is C3H3F5O3S. The van der Waals surface area contributed by atoms with Crippen LogP contribution in [0.3, 0.4) is 0 Å². The molecule has 1 unspecified atom stereocenters. The van der Waals surface area contributed by atoms with Gasteiger partial charge in [-0.15, -0.1) is 0 Å². The van der Waals surface area contributed by atoms with Crippen LogP contribution in [0.2, 0.25) is 0 Å². The lowest BCUT2D eigenvalue weighted by Gasteiger charge is -2.15. The summed E-state index contributed by atoms with van der Waals surface area (Å²) in [4.78, 5) is 0. The van der Waals surface area contributed by atoms with Gasteiger partial charge in [-0.1, -0.05) is 0 Å². The number of hydrogen-bond donors (Lipinski definition) is 1. The van der Waals surface area contributed by atoms with Gasteiger partial charge in [-0.2, -0.15) is 17.2 Å². The zero-order chi connectivity index (χ0) is 10.2. The summed E-state index contributed by atoms with van der Waals surface area (Å²) in [5.41, 5.74) is 0. The van der Waals surface area contributed by atoms with Crippen LogP contribution in [-0.2, 0) is 10.1 Å². The van der Waals surface area contributed by atoms with Gasteiger partial charge in [0.2, 0.25) is 6.17 Å². The lowest BCUT2D eigenvalue weighted by molar-refractivity contribution is -0.0770. The summed E-state index contributed by atoms with van der Waals surface area (Å²) < 4.78 is 84.8. The van der Waals surface area contributed by atoms with Gasteiger partial charge in [0.25, 0.3) is 6.43 Å². The Morgan fingerprint density at radius 1 is 1.17 bits per heavy atom. The number of alkyl halides is 5. The normalized spacial score (nSPS) is 16.6. The number of rotatable bonds is 3. The Morgan fingerprint density at radius 3 is 1.58 bits per heavy atom. The molecule has 0 aliphatic carbocycles. The maximum absolute atomic E-state index is 11.9. The van der Waals surface area contributed by atoms with Crippen molar-refractivity contribution in [2.75, 3.05) is 0 Å². The minimum absolute atomic E-state index is 4.18. The Bertz CT molecular complexity index is 247. The van der Waals surface area contributed by atoms with Crippen molar-refractivity contribution in [3.8, 4) is 0 Å². The lowest BCUT2D eigenvalue weighted by Crippen LogP contribution is -2.42. The molecule has 0 saturated heterocycles. The van der Waals surface area contributed by atoms with Crippen molar-refractivity contribution in [3.05, 3.63) is 0 Å². The van der Waals surface area contributed by atoms with Gasteiger partial charge in [-0.05, 0) is 0 Å². The topological polar surface area (TPSA) is 54.4 Å². The first-order valence-electron chi connectivity index (χ1n) is 2.37. The Labute approximate surface area is 63.9 Å². The molecule has 74 valence electrons. The van der Waals surface area contributed by atoms with Gasteiger partial charge in [0.05, 0.1) is 0 Å². The number of hydrogen-bond acceptors (Lipinski definition) is 2. The van der Waals surface area contributed by atoms with E-state index in [4.69, 9.17) is 4.55 Å². The van der Waals surface area contributed by atoms with Crippen LogP contribution >= 0.6 is 0 Å². The molecular weight excluding hydrogens is 211 g/mol. The molecule has 0 aromatic rings. The molecule has 0 aliphatic rings. The van der Waals surface area contributed by atoms with E-state index in [1.54, 1.807) is 0 Å². The standard InChI is InChI=1S/C3H3F5O3S/c4-1(2(5)6)3(7,8)12(9,10)11/h1-2H,(H,9,10,11). The molecule has 0 rings (SSSR count). The first-order chi connectivity index (χ1) is 5.10. The van der Waals surface area contributed by atoms with Gasteiger partial charge in [-0.3, -0.25) is 4.55 Å². The highest BCUT2D eigenvalue weighted by molar-refractivity contribution is 7.86. The molecule has 0 aromatic carbocycles. The lowest BCUT2D eigenvalue weighted by atomic mass is 10.4. The summed E-state index contributed by atoms with van der Waals surface area (Å²) in [6.07, 6.45) is -8.41. The van der Waals surface area contributed by atoms with E-state index in [9.17, 15) is 30.4 Å². The third-order valence-electron chi connectivity index (χ3n) is 0.886. The van der Waals surface area contributed by atoms with Crippen LogP contribution in [0.4, 0.5) is 22.0 Å². The van der Waals surface area contributed by atoms with E-state index in [1.807, 2.05) is 0 Å². The van der Waals surface area contributed by atoms with Crippen LogP contribution in [0.25, 0.3) is 0 Å². The van der Waals surface area contributed by atoms with Crippen LogP contribution in [0, 0.1) is 0 Å². The van der Waals surface area contributed by atoms with Crippen LogP contribution in [0.1, 0.15) is 0 Å². The van der Waals surface area contributed by atoms with Gasteiger partial charge in [0.15, 0.2) is 0 Å². The summed E-state index contributed by atoms with van der Waals surface area (Å²) in [5.74, 6) is 0. The van der Waals surface area contributed by atoms with Crippen molar-refractivity contribution in [1.29, 1.82) is 0 Å². The second kappa shape index (κ2) is 3.13. The van der Waals surface area contributed by atoms with E-state index in [-0.39, 0.29) is 0 Å². The van der Waals surface area contributed by atoms with E-state index in [0.29, 0.717) is 0 Å². The van der Waals surface area contributed by atoms with Crippen LogP contribution in [-0.4, -0.2) is 30.8 Å². The van der Waals surface area contributed by atoms with Crippen LogP contribution in [0.5, 0.6) is 0 Å². The molecule has 3 nitrogen and oxygen atoms in total. The minimum Gasteiger partial charge on any atom is -0.281 e. The molecule has 0 aliphatic heterocycles. The molecule has 0 bridgehead atoms. The molecule has 12 heavy (non-hydrogen) atoms. The van der Waals surface area contributed by atoms with Crippen molar-refractivity contribution < 1.29 is 34.9 Å². The highest BCUT2D eigenvalue weighted by Gasteiger charge is 2.56. The van der Waals surface area contributed by atoms with E-state index in [2.05, 4.69) is 0 Å². The first kappa shape index (κ1) is 11.6. The van der Waals surface area contributed by atoms with E-state index >= 15 is 0 Å². The third-order valence-corrected chi connectivity index (χ3v) is 1.80. The molecule has 1 N–H and O–H groups in total. The first-order valence-corrected chi connectivity index (χ1v) is 3.81. The second-order valence-electron chi connectivity index (χ2n) is 1.77. The fourth-order valence-electron chi connectivity index (χ4n) is 0.289. The van der Waals surface area contributed by atoms with Gasteiger partial charge in [0, 0.05) is 0 Å². The third kappa shape index (κ3) is 2.03. The van der Waals surface area contributed by atoms with E-state index in [1.165, 1.54) is 0 Å². The van der Waals surface area contributed by atoms with Crippen molar-refractivity contribution in [1.82, 2.24) is 0 Å². The maximum Gasteiger partial charge on any atom is 0.405 e. The molecule has 1 atom stereocenters. The molecule has 0 radical (unpaired) electrons. The average Bonchev–Trinajstić information content (AvgIpc) is 1.83. The van der Waals surface area contributed by atoms with Crippen molar-refractivity contribution >= 4 is 10.1 Å². The monoisotopic (exact) mass is 214 g/mol. The summed E-state index contributed by atoms with van der Waals surface area (Å²) >= 11 is 0. The maximum atomic E-state index is 11.9. The summed E-state index contributed by atoms with van der Waals surface area (Å²) in [6.45, 7) is 0. The van der Waals surface area contributed by atoms with Crippen molar-refractivity contribution in [3.63, 3.8) is 0 Å². The molecule has 0 heterocycles. The van der Waals surface area contributed by atoms with E-state index < -0.39 is 28.0 Å². The fourth-order valence-corrected chi connectivity index (χ4v) is 0.676. The molecule has 9 heteroatoms. The predicted molar refractivity (Wildman–Crippen MR) is 27.4 cm³/mol. The van der Waals surface area contributed by atoms with Gasteiger partial charge in [-0.25, -0.2) is 13.2 Å². The zero-order valence-electron chi connectivity index (χ0n) is 5.22. The Hall–Kier alpha value is -0.440. The van der Waals surface area contributed by atoms with Gasteiger partial charge < -0.3 is 0 Å². The van der Waals surface area contributed by atoms with Gasteiger partial charge in [0.1, 0.15) is 0 Å². The molecule has 0 amide bonds. The number of halogens is 5. The van der Waals surface area contributed by atoms with Gasteiger partial charge >= 0.3 is 15.4 Å². The van der Waals surface area contributed by atoms with Crippen LogP contribution < -0.4 is 0 Å². The molecule has 0 aromatic heterocycles. The van der Waals surface area contributed by atoms with Crippen molar-refractivity contribution in [2.24, 2.45) is 0 Å². The summed E-state index contributed by atoms with van der Waals surface area (Å²) in [5, 5.41) is -5.47. The van der Waals surface area contributed by atoms with Crippen LogP contribution in [0.15, 0.2) is 0 Å². The Balaban J connectivity index is 4.87. The molecule has 0 saturated carbocycles. The molecule has 0 spiro atoms. The summed E-state index contributed by atoms with van der Waals surface area (Å²) in [7, 11) is -6.13. The molecule has 0 fully saturated rings. The minimum atomic E-state index is -6.13. The summed E-state index contributed by atoms with van der Waals surface area (Å²) in [6, 6.07) is 0. The second-order valence-corrected chi connectivity index (χ2v) is 3.27. The highest BCUT2D eigenvalue weighted by Crippen LogP contribution is 2.30. The quantitative estimate of drug-likeness (QED) is 0.564. The van der Waals surface area contributed by atoms with E-state index in [0.717, 1.165) is 0 Å². The predicted octanol–water partition coefficient (Wildman–Crippen LogP) is 1.07. The SMILES string of the molecule is O=S(=O)(O)C(F)(F)C(F)C(F)F. The smallest absolute Gasteiger partial charge is 0.281 e. The average molecular weight is 214 g/mol. The highest BCUT2D eigenvalue weighted by atomic mass is 32.2. The zero-order valence-corrected chi connectivity index (χ0v) is 6.03.